The van der Waals surface area contributed by atoms with Gasteiger partial charge in [-0.1, -0.05) is 6.92 Å². The molecule has 18 heavy (non-hydrogen) atoms. The highest BCUT2D eigenvalue weighted by Gasteiger charge is 2.30. The summed E-state index contributed by atoms with van der Waals surface area (Å²) in [7, 11) is -3.78. The predicted octanol–water partition coefficient (Wildman–Crippen LogP) is -0.0755. The summed E-state index contributed by atoms with van der Waals surface area (Å²) >= 11 is 0. The maximum absolute atomic E-state index is 12.2. The van der Waals surface area contributed by atoms with Crippen molar-refractivity contribution in [3.63, 3.8) is 0 Å². The highest BCUT2D eigenvalue weighted by atomic mass is 32.2. The van der Waals surface area contributed by atoms with Crippen LogP contribution in [0, 0.1) is 0 Å². The van der Waals surface area contributed by atoms with Crippen molar-refractivity contribution in [2.24, 2.45) is 0 Å². The third-order valence-corrected chi connectivity index (χ3v) is 4.53. The minimum absolute atomic E-state index is 0.0410. The van der Waals surface area contributed by atoms with E-state index in [9.17, 15) is 13.5 Å². The normalized spacial score (nSPS) is 15.6. The fourth-order valence-electron chi connectivity index (χ4n) is 1.38. The van der Waals surface area contributed by atoms with E-state index in [1.54, 1.807) is 13.8 Å². The lowest BCUT2D eigenvalue weighted by molar-refractivity contribution is 0.191. The van der Waals surface area contributed by atoms with Crippen molar-refractivity contribution >= 4 is 15.8 Å². The molecule has 8 heteroatoms. The maximum atomic E-state index is 12.2. The molecule has 0 aromatic carbocycles. The van der Waals surface area contributed by atoms with E-state index in [-0.39, 0.29) is 17.3 Å². The van der Waals surface area contributed by atoms with Gasteiger partial charge in [0.1, 0.15) is 4.90 Å². The van der Waals surface area contributed by atoms with Crippen molar-refractivity contribution in [3.8, 4) is 0 Å². The smallest absolute Gasteiger partial charge is 0.246 e. The fraction of sp³-hybridized carbons (Fsp3) is 0.700. The topological polar surface area (TPSA) is 110 Å². The third-order valence-electron chi connectivity index (χ3n) is 2.88. The Morgan fingerprint density at radius 2 is 2.17 bits per heavy atom. The Kier molecular flexibility index (Phi) is 4.36. The fourth-order valence-corrected chi connectivity index (χ4v) is 2.93. The lowest BCUT2D eigenvalue weighted by atomic mass is 10.0. The second kappa shape index (κ2) is 5.25. The van der Waals surface area contributed by atoms with Crippen LogP contribution in [0.3, 0.4) is 0 Å². The van der Waals surface area contributed by atoms with Crippen LogP contribution in [-0.4, -0.2) is 35.5 Å². The monoisotopic (exact) mass is 276 g/mol. The van der Waals surface area contributed by atoms with E-state index < -0.39 is 15.6 Å². The molecule has 1 atom stereocenters. The van der Waals surface area contributed by atoms with Crippen molar-refractivity contribution in [1.82, 2.24) is 14.5 Å². The highest BCUT2D eigenvalue weighted by Crippen LogP contribution is 2.19. The zero-order valence-corrected chi connectivity index (χ0v) is 11.7. The van der Waals surface area contributed by atoms with Gasteiger partial charge in [0.2, 0.25) is 10.0 Å². The molecule has 0 amide bonds. The molecule has 0 saturated carbocycles. The van der Waals surface area contributed by atoms with Crippen LogP contribution >= 0.6 is 0 Å². The van der Waals surface area contributed by atoms with Crippen LogP contribution < -0.4 is 10.5 Å². The zero-order valence-electron chi connectivity index (χ0n) is 10.8. The van der Waals surface area contributed by atoms with Crippen LogP contribution in [-0.2, 0) is 16.6 Å². The van der Waals surface area contributed by atoms with Crippen molar-refractivity contribution < 1.29 is 13.5 Å². The first kappa shape index (κ1) is 14.9. The van der Waals surface area contributed by atoms with Crippen LogP contribution in [0.4, 0.5) is 5.82 Å². The Morgan fingerprint density at radius 3 is 2.56 bits per heavy atom. The molecular formula is C10H20N4O3S. The van der Waals surface area contributed by atoms with E-state index in [1.807, 2.05) is 6.92 Å². The van der Waals surface area contributed by atoms with Gasteiger partial charge in [0.25, 0.3) is 0 Å². The Balaban J connectivity index is 3.10. The van der Waals surface area contributed by atoms with Gasteiger partial charge in [-0.15, -0.1) is 0 Å². The van der Waals surface area contributed by atoms with Gasteiger partial charge in [0.15, 0.2) is 5.82 Å². The first-order chi connectivity index (χ1) is 8.28. The molecule has 1 heterocycles. The number of hydrogen-bond acceptors (Lipinski definition) is 5. The number of aliphatic hydroxyl groups excluding tert-OH is 1. The molecule has 0 aliphatic rings. The molecule has 1 aromatic heterocycles. The minimum Gasteiger partial charge on any atom is -0.394 e. The van der Waals surface area contributed by atoms with E-state index in [0.29, 0.717) is 13.0 Å². The Morgan fingerprint density at radius 1 is 1.56 bits per heavy atom. The van der Waals surface area contributed by atoms with Gasteiger partial charge >= 0.3 is 0 Å². The van der Waals surface area contributed by atoms with Crippen molar-refractivity contribution in [2.45, 2.75) is 44.2 Å². The molecular weight excluding hydrogens is 256 g/mol. The van der Waals surface area contributed by atoms with E-state index in [2.05, 4.69) is 9.82 Å². The standard InChI is InChI=1S/C10H20N4O3S/c1-4-10(3,7-15)13-18(16,17)8-6-14(5-2)12-9(8)11/h6,13,15H,4-5,7H2,1-3H3,(H2,11,12). The molecule has 4 N–H and O–H groups in total. The number of nitrogens with one attached hydrogen (secondary N) is 1. The third kappa shape index (κ3) is 3.01. The first-order valence-corrected chi connectivity index (χ1v) is 7.24. The SMILES string of the molecule is CCn1cc(S(=O)(=O)NC(C)(CC)CO)c(N)n1. The molecule has 1 unspecified atom stereocenters. The molecule has 0 radical (unpaired) electrons. The van der Waals surface area contributed by atoms with Gasteiger partial charge < -0.3 is 10.8 Å². The predicted molar refractivity (Wildman–Crippen MR) is 68.4 cm³/mol. The molecule has 0 bridgehead atoms. The number of aromatic nitrogens is 2. The minimum atomic E-state index is -3.78. The second-order valence-corrected chi connectivity index (χ2v) is 6.06. The summed E-state index contributed by atoms with van der Waals surface area (Å²) in [5, 5.41) is 13.1. The Bertz CT molecular complexity index is 505. The molecule has 0 aliphatic carbocycles. The van der Waals surface area contributed by atoms with Crippen molar-refractivity contribution in [2.75, 3.05) is 12.3 Å². The molecule has 104 valence electrons. The zero-order chi connectivity index (χ0) is 14.0. The average Bonchev–Trinajstić information content (AvgIpc) is 2.70. The molecule has 0 aliphatic heterocycles. The molecule has 0 fully saturated rings. The number of aryl methyl sites for hydroxylation is 1. The molecule has 7 nitrogen and oxygen atoms in total. The number of hydrogen-bond donors (Lipinski definition) is 3. The van der Waals surface area contributed by atoms with Crippen LogP contribution in [0.15, 0.2) is 11.1 Å². The van der Waals surface area contributed by atoms with E-state index in [1.165, 1.54) is 10.9 Å². The first-order valence-electron chi connectivity index (χ1n) is 5.75. The van der Waals surface area contributed by atoms with E-state index >= 15 is 0 Å². The summed E-state index contributed by atoms with van der Waals surface area (Å²) in [5.41, 5.74) is 4.69. The summed E-state index contributed by atoms with van der Waals surface area (Å²) in [6.45, 7) is 5.50. The van der Waals surface area contributed by atoms with Gasteiger partial charge in [-0.05, 0) is 20.3 Å². The number of rotatable bonds is 6. The van der Waals surface area contributed by atoms with Gasteiger partial charge in [-0.25, -0.2) is 13.1 Å². The summed E-state index contributed by atoms with van der Waals surface area (Å²) in [6, 6.07) is 0. The number of nitrogen functional groups attached to an aromatic ring is 1. The lowest BCUT2D eigenvalue weighted by Crippen LogP contribution is -2.48. The summed E-state index contributed by atoms with van der Waals surface area (Å²) in [4.78, 5) is -0.0579. The number of nitrogens with two attached hydrogens (primary N) is 1. The van der Waals surface area contributed by atoms with Crippen LogP contribution in [0.5, 0.6) is 0 Å². The van der Waals surface area contributed by atoms with Gasteiger partial charge in [0, 0.05) is 12.7 Å². The van der Waals surface area contributed by atoms with E-state index in [4.69, 9.17) is 5.73 Å². The average molecular weight is 276 g/mol. The maximum Gasteiger partial charge on any atom is 0.246 e. The number of anilines is 1. The van der Waals surface area contributed by atoms with Gasteiger partial charge in [0.05, 0.1) is 12.1 Å². The largest absolute Gasteiger partial charge is 0.394 e. The van der Waals surface area contributed by atoms with Crippen molar-refractivity contribution in [3.05, 3.63) is 6.20 Å². The second-order valence-electron chi connectivity index (χ2n) is 4.41. The van der Waals surface area contributed by atoms with Crippen molar-refractivity contribution in [1.29, 1.82) is 0 Å². The van der Waals surface area contributed by atoms with Crippen LogP contribution in [0.25, 0.3) is 0 Å². The van der Waals surface area contributed by atoms with Crippen LogP contribution in [0.2, 0.25) is 0 Å². The Labute approximate surface area is 107 Å². The number of aliphatic hydroxyl groups is 1. The van der Waals surface area contributed by atoms with Gasteiger partial charge in [-0.2, -0.15) is 5.10 Å². The quantitative estimate of drug-likeness (QED) is 0.673. The molecule has 0 spiro atoms. The molecule has 0 saturated heterocycles. The summed E-state index contributed by atoms with van der Waals surface area (Å²) in [5.74, 6) is -0.0410. The Hall–Kier alpha value is -1.12. The lowest BCUT2D eigenvalue weighted by Gasteiger charge is -2.26. The van der Waals surface area contributed by atoms with E-state index in [0.717, 1.165) is 0 Å². The van der Waals surface area contributed by atoms with Crippen LogP contribution in [0.1, 0.15) is 27.2 Å². The highest BCUT2D eigenvalue weighted by molar-refractivity contribution is 7.89. The molecule has 1 aromatic rings. The summed E-state index contributed by atoms with van der Waals surface area (Å²) < 4.78 is 28.2. The summed E-state index contributed by atoms with van der Waals surface area (Å²) in [6.07, 6.45) is 1.84. The number of sulfonamides is 1. The van der Waals surface area contributed by atoms with Gasteiger partial charge in [-0.3, -0.25) is 4.68 Å². The number of nitrogens with zero attached hydrogens (tertiary/aromatic N) is 2. The molecule has 1 rings (SSSR count).